The molecule has 1 atom stereocenters. The van der Waals surface area contributed by atoms with E-state index in [2.05, 4.69) is 17.2 Å². The number of urea groups is 1. The molecule has 1 aliphatic heterocycles. The van der Waals surface area contributed by atoms with Gasteiger partial charge in [0.2, 0.25) is 0 Å². The molecular weight excluding hydrogens is 308 g/mol. The number of hydrogen-bond donors (Lipinski definition) is 2. The summed E-state index contributed by atoms with van der Waals surface area (Å²) in [6, 6.07) is 6.37. The van der Waals surface area contributed by atoms with Crippen molar-refractivity contribution in [2.75, 3.05) is 13.2 Å². The third kappa shape index (κ3) is 4.16. The van der Waals surface area contributed by atoms with Crippen LogP contribution in [0.2, 0.25) is 0 Å². The van der Waals surface area contributed by atoms with Crippen LogP contribution in [0.4, 0.5) is 4.79 Å². The normalized spacial score (nSPS) is 16.9. The molecule has 0 radical (unpaired) electrons. The summed E-state index contributed by atoms with van der Waals surface area (Å²) in [7, 11) is 0. The first-order chi connectivity index (χ1) is 11.6. The minimum atomic E-state index is -0.573. The van der Waals surface area contributed by atoms with Crippen LogP contribution in [0.25, 0.3) is 0 Å². The fourth-order valence-electron chi connectivity index (χ4n) is 2.40. The van der Waals surface area contributed by atoms with Gasteiger partial charge in [0.05, 0.1) is 18.2 Å². The quantitative estimate of drug-likeness (QED) is 0.595. The molecule has 0 fully saturated rings. The molecule has 6 nitrogen and oxygen atoms in total. The number of esters is 1. The number of allylic oxidation sites excluding steroid dienone is 1. The number of amides is 2. The molecule has 1 aromatic rings. The van der Waals surface area contributed by atoms with Gasteiger partial charge in [-0.15, -0.1) is 0 Å². The second-order valence-corrected chi connectivity index (χ2v) is 5.37. The standard InChI is InChI=1S/C18H22N2O4/c1-4-10-23-14-8-6-13(7-9-14)16-15(17(21)24-11-5-2)12(3)19-18(22)20-16/h5-9,16H,2,4,10-11H2,1,3H3,(H2,19,20,22). The summed E-state index contributed by atoms with van der Waals surface area (Å²) >= 11 is 0. The fourth-order valence-corrected chi connectivity index (χ4v) is 2.40. The van der Waals surface area contributed by atoms with E-state index in [0.29, 0.717) is 17.9 Å². The van der Waals surface area contributed by atoms with Gasteiger partial charge in [-0.3, -0.25) is 0 Å². The minimum Gasteiger partial charge on any atom is -0.494 e. The highest BCUT2D eigenvalue weighted by Gasteiger charge is 2.32. The molecule has 0 aromatic heterocycles. The van der Waals surface area contributed by atoms with Crippen LogP contribution >= 0.6 is 0 Å². The number of nitrogens with one attached hydrogen (secondary N) is 2. The van der Waals surface area contributed by atoms with Crippen LogP contribution in [0.3, 0.4) is 0 Å². The zero-order valence-electron chi connectivity index (χ0n) is 13.9. The van der Waals surface area contributed by atoms with Gasteiger partial charge < -0.3 is 20.1 Å². The van der Waals surface area contributed by atoms with E-state index in [1.165, 1.54) is 6.08 Å². The number of hydrogen-bond acceptors (Lipinski definition) is 4. The Hall–Kier alpha value is -2.76. The van der Waals surface area contributed by atoms with Gasteiger partial charge in [-0.1, -0.05) is 31.7 Å². The Bertz CT molecular complexity index is 649. The van der Waals surface area contributed by atoms with Crippen LogP contribution in [0.5, 0.6) is 5.75 Å². The average molecular weight is 330 g/mol. The highest BCUT2D eigenvalue weighted by atomic mass is 16.5. The van der Waals surface area contributed by atoms with E-state index in [0.717, 1.165) is 17.7 Å². The molecule has 0 bridgehead atoms. The van der Waals surface area contributed by atoms with Crippen molar-refractivity contribution in [3.05, 3.63) is 53.8 Å². The Morgan fingerprint density at radius 1 is 1.33 bits per heavy atom. The third-order valence-corrected chi connectivity index (χ3v) is 3.51. The summed E-state index contributed by atoms with van der Waals surface area (Å²) in [6.45, 7) is 7.99. The molecule has 1 aliphatic rings. The van der Waals surface area contributed by atoms with Gasteiger partial charge in [0, 0.05) is 5.70 Å². The maximum Gasteiger partial charge on any atom is 0.338 e. The highest BCUT2D eigenvalue weighted by molar-refractivity contribution is 5.95. The molecule has 1 unspecified atom stereocenters. The molecule has 24 heavy (non-hydrogen) atoms. The molecule has 0 saturated carbocycles. The van der Waals surface area contributed by atoms with Crippen molar-refractivity contribution in [1.82, 2.24) is 10.6 Å². The van der Waals surface area contributed by atoms with E-state index < -0.39 is 12.0 Å². The topological polar surface area (TPSA) is 76.7 Å². The van der Waals surface area contributed by atoms with E-state index in [1.54, 1.807) is 6.92 Å². The largest absolute Gasteiger partial charge is 0.494 e. The van der Waals surface area contributed by atoms with Crippen LogP contribution in [-0.2, 0) is 9.53 Å². The van der Waals surface area contributed by atoms with Gasteiger partial charge in [0.1, 0.15) is 12.4 Å². The fraction of sp³-hybridized carbons (Fsp3) is 0.333. The second-order valence-electron chi connectivity index (χ2n) is 5.37. The van der Waals surface area contributed by atoms with E-state index in [-0.39, 0.29) is 12.6 Å². The van der Waals surface area contributed by atoms with Crippen LogP contribution < -0.4 is 15.4 Å². The monoisotopic (exact) mass is 330 g/mol. The van der Waals surface area contributed by atoms with E-state index >= 15 is 0 Å². The maximum absolute atomic E-state index is 12.3. The van der Waals surface area contributed by atoms with Crippen LogP contribution in [0, 0.1) is 0 Å². The summed E-state index contributed by atoms with van der Waals surface area (Å²) < 4.78 is 10.7. The third-order valence-electron chi connectivity index (χ3n) is 3.51. The van der Waals surface area contributed by atoms with Crippen LogP contribution in [0.1, 0.15) is 31.9 Å². The zero-order valence-corrected chi connectivity index (χ0v) is 13.9. The van der Waals surface area contributed by atoms with Gasteiger partial charge in [-0.2, -0.15) is 0 Å². The summed E-state index contributed by atoms with van der Waals surface area (Å²) in [4.78, 5) is 24.1. The number of carbonyl (C=O) groups is 2. The summed E-state index contributed by atoms with van der Waals surface area (Å²) in [5.41, 5.74) is 1.63. The average Bonchev–Trinajstić information content (AvgIpc) is 2.57. The number of ether oxygens (including phenoxy) is 2. The lowest BCUT2D eigenvalue weighted by molar-refractivity contribution is -0.138. The summed E-state index contributed by atoms with van der Waals surface area (Å²) in [5, 5.41) is 5.36. The van der Waals surface area contributed by atoms with Crippen molar-refractivity contribution in [2.45, 2.75) is 26.3 Å². The molecule has 6 heteroatoms. The predicted molar refractivity (Wildman–Crippen MR) is 90.5 cm³/mol. The van der Waals surface area contributed by atoms with Gasteiger partial charge in [-0.25, -0.2) is 9.59 Å². The predicted octanol–water partition coefficient (Wildman–Crippen LogP) is 2.83. The second kappa shape index (κ2) is 8.19. The first-order valence-corrected chi connectivity index (χ1v) is 7.85. The van der Waals surface area contributed by atoms with Crippen LogP contribution in [-0.4, -0.2) is 25.2 Å². The molecule has 2 rings (SSSR count). The van der Waals surface area contributed by atoms with Gasteiger partial charge in [-0.05, 0) is 31.0 Å². The van der Waals surface area contributed by atoms with Crippen LogP contribution in [0.15, 0.2) is 48.2 Å². The summed E-state index contributed by atoms with van der Waals surface area (Å²) in [6.07, 6.45) is 2.42. The number of rotatable bonds is 7. The molecule has 2 amide bonds. The lowest BCUT2D eigenvalue weighted by atomic mass is 9.95. The van der Waals surface area contributed by atoms with Crippen molar-refractivity contribution < 1.29 is 19.1 Å². The van der Waals surface area contributed by atoms with E-state index in [1.807, 2.05) is 31.2 Å². The highest BCUT2D eigenvalue weighted by Crippen LogP contribution is 2.28. The Kier molecular flexibility index (Phi) is 6.01. The number of carbonyl (C=O) groups excluding carboxylic acids is 2. The van der Waals surface area contributed by atoms with E-state index in [9.17, 15) is 9.59 Å². The van der Waals surface area contributed by atoms with Gasteiger partial charge in [0.25, 0.3) is 0 Å². The molecule has 1 aromatic carbocycles. The van der Waals surface area contributed by atoms with E-state index in [4.69, 9.17) is 9.47 Å². The first-order valence-electron chi connectivity index (χ1n) is 7.85. The maximum atomic E-state index is 12.3. The van der Waals surface area contributed by atoms with Crippen molar-refractivity contribution in [2.24, 2.45) is 0 Å². The van der Waals surface area contributed by atoms with Gasteiger partial charge >= 0.3 is 12.0 Å². The minimum absolute atomic E-state index is 0.111. The zero-order chi connectivity index (χ0) is 17.5. The lowest BCUT2D eigenvalue weighted by Crippen LogP contribution is -2.45. The first kappa shape index (κ1) is 17.6. The Morgan fingerprint density at radius 3 is 2.67 bits per heavy atom. The molecular formula is C18H22N2O4. The molecule has 0 aliphatic carbocycles. The molecule has 2 N–H and O–H groups in total. The van der Waals surface area contributed by atoms with Crippen molar-refractivity contribution in [1.29, 1.82) is 0 Å². The van der Waals surface area contributed by atoms with Gasteiger partial charge in [0.15, 0.2) is 0 Å². The lowest BCUT2D eigenvalue weighted by Gasteiger charge is -2.28. The number of benzene rings is 1. The van der Waals surface area contributed by atoms with Crippen molar-refractivity contribution in [3.63, 3.8) is 0 Å². The Morgan fingerprint density at radius 2 is 2.04 bits per heavy atom. The summed E-state index contributed by atoms with van der Waals surface area (Å²) in [5.74, 6) is 0.258. The molecule has 0 spiro atoms. The molecule has 1 heterocycles. The Balaban J connectivity index is 2.27. The van der Waals surface area contributed by atoms with Crippen molar-refractivity contribution >= 4 is 12.0 Å². The molecule has 0 saturated heterocycles. The molecule has 128 valence electrons. The Labute approximate surface area is 141 Å². The van der Waals surface area contributed by atoms with Crippen molar-refractivity contribution in [3.8, 4) is 5.75 Å². The smallest absolute Gasteiger partial charge is 0.338 e. The SMILES string of the molecule is C=CCOC(=O)C1=C(C)NC(=O)NC1c1ccc(OCCC)cc1.